The molecule has 0 aliphatic rings. The first-order valence-electron chi connectivity index (χ1n) is 4.70. The number of hydrogen-bond acceptors (Lipinski definition) is 1. The summed E-state index contributed by atoms with van der Waals surface area (Å²) >= 11 is 9.23. The number of hydrogen-bond donors (Lipinski definition) is 1. The number of rotatable bonds is 6. The molecule has 0 atom stereocenters. The van der Waals surface area contributed by atoms with E-state index in [1.54, 1.807) is 0 Å². The van der Waals surface area contributed by atoms with Gasteiger partial charge in [-0.3, -0.25) is 0 Å². The molecule has 0 rings (SSSR count). The molecule has 0 aliphatic carbocycles. The zero-order chi connectivity index (χ0) is 9.40. The Bertz CT molecular complexity index is 126. The quantitative estimate of drug-likeness (QED) is 0.452. The first-order valence-corrected chi connectivity index (χ1v) is 5.55. The van der Waals surface area contributed by atoms with Crippen molar-refractivity contribution in [1.29, 1.82) is 0 Å². The fourth-order valence-electron chi connectivity index (χ4n) is 1.00. The number of nitrogens with zero attached hydrogens (tertiary/aromatic N) is 1. The summed E-state index contributed by atoms with van der Waals surface area (Å²) in [5.41, 5.74) is 0. The first-order chi connectivity index (χ1) is 5.72. The Balaban J connectivity index is -0.000000605. The molecule has 0 saturated heterocycles. The summed E-state index contributed by atoms with van der Waals surface area (Å²) in [6.07, 6.45) is 4.87. The normalized spacial score (nSPS) is 8.50. The maximum absolute atomic E-state index is 5.03. The topological polar surface area (TPSA) is 3.24 Å². The maximum atomic E-state index is 5.03. The van der Waals surface area contributed by atoms with Crippen LogP contribution < -0.4 is 0 Å². The second-order valence-corrected chi connectivity index (χ2v) is 4.09. The predicted octanol–water partition coefficient (Wildman–Crippen LogP) is 3.10. The molecule has 0 heterocycles. The summed E-state index contributed by atoms with van der Waals surface area (Å²) in [5, 5.41) is 0. The molecular formula is C9H19Cu2NS2. The minimum atomic E-state index is 0. The predicted molar refractivity (Wildman–Crippen MR) is 63.0 cm³/mol. The molecule has 2 radical (unpaired) electrons. The van der Waals surface area contributed by atoms with Gasteiger partial charge in [0.2, 0.25) is 0 Å². The monoisotopic (exact) mass is 331 g/mol. The van der Waals surface area contributed by atoms with E-state index in [2.05, 4.69) is 31.4 Å². The molecule has 0 amide bonds. The fraction of sp³-hybridized carbons (Fsp3) is 0.889. The van der Waals surface area contributed by atoms with E-state index in [1.807, 2.05) is 0 Å². The van der Waals surface area contributed by atoms with Crippen molar-refractivity contribution in [2.45, 2.75) is 39.5 Å². The van der Waals surface area contributed by atoms with Gasteiger partial charge in [-0.15, -0.1) is 12.6 Å². The third-order valence-electron chi connectivity index (χ3n) is 1.83. The molecule has 0 aromatic heterocycles. The molecule has 0 N–H and O–H groups in total. The second-order valence-electron chi connectivity index (χ2n) is 2.98. The average Bonchev–Trinajstić information content (AvgIpc) is 2.04. The van der Waals surface area contributed by atoms with Gasteiger partial charge < -0.3 is 4.90 Å². The van der Waals surface area contributed by atoms with Crippen molar-refractivity contribution in [3.05, 3.63) is 0 Å². The van der Waals surface area contributed by atoms with Gasteiger partial charge >= 0.3 is 0 Å². The summed E-state index contributed by atoms with van der Waals surface area (Å²) in [6, 6.07) is 0. The van der Waals surface area contributed by atoms with Crippen LogP contribution in [0, 0.1) is 0 Å². The standard InChI is InChI=1S/C9H19NS2.2Cu/c1-3-5-7-10(9(11)12)8-6-4-2;;/h3-8H2,1-2H3,(H,11,12);;. The summed E-state index contributed by atoms with van der Waals surface area (Å²) in [4.78, 5) is 2.19. The van der Waals surface area contributed by atoms with Crippen LogP contribution in [0.5, 0.6) is 0 Å². The van der Waals surface area contributed by atoms with Crippen molar-refractivity contribution in [1.82, 2.24) is 4.90 Å². The molecule has 0 fully saturated rings. The van der Waals surface area contributed by atoms with Gasteiger partial charge in [-0.25, -0.2) is 0 Å². The Morgan fingerprint density at radius 3 is 1.64 bits per heavy atom. The van der Waals surface area contributed by atoms with E-state index in [4.69, 9.17) is 12.2 Å². The number of thiocarbonyl (C=S) groups is 1. The van der Waals surface area contributed by atoms with Crippen LogP contribution in [0.1, 0.15) is 39.5 Å². The second kappa shape index (κ2) is 14.3. The van der Waals surface area contributed by atoms with Gasteiger partial charge in [0.15, 0.2) is 0 Å². The van der Waals surface area contributed by atoms with Gasteiger partial charge in [-0.05, 0) is 12.8 Å². The van der Waals surface area contributed by atoms with E-state index >= 15 is 0 Å². The van der Waals surface area contributed by atoms with E-state index in [9.17, 15) is 0 Å². The van der Waals surface area contributed by atoms with Crippen molar-refractivity contribution in [2.24, 2.45) is 0 Å². The Labute approximate surface area is 120 Å². The molecule has 0 aliphatic heterocycles. The van der Waals surface area contributed by atoms with Crippen molar-refractivity contribution < 1.29 is 34.1 Å². The minimum Gasteiger partial charge on any atom is -0.358 e. The van der Waals surface area contributed by atoms with Crippen LogP contribution in [0.4, 0.5) is 0 Å². The van der Waals surface area contributed by atoms with E-state index in [0.717, 1.165) is 17.4 Å². The van der Waals surface area contributed by atoms with E-state index in [1.165, 1.54) is 25.7 Å². The third-order valence-corrected chi connectivity index (χ3v) is 2.37. The summed E-state index contributed by atoms with van der Waals surface area (Å²) in [7, 11) is 0. The molecule has 0 aromatic carbocycles. The Kier molecular flexibility index (Phi) is 21.1. The summed E-state index contributed by atoms with van der Waals surface area (Å²) < 4.78 is 0.747. The average molecular weight is 332 g/mol. The smallest absolute Gasteiger partial charge is 0.133 e. The van der Waals surface area contributed by atoms with Crippen LogP contribution in [0.3, 0.4) is 0 Å². The largest absolute Gasteiger partial charge is 0.358 e. The van der Waals surface area contributed by atoms with Crippen LogP contribution in [0.15, 0.2) is 0 Å². The van der Waals surface area contributed by atoms with Crippen molar-refractivity contribution in [2.75, 3.05) is 13.1 Å². The van der Waals surface area contributed by atoms with Crippen molar-refractivity contribution in [3.8, 4) is 0 Å². The SMILES string of the molecule is CCCCN(CCCC)C(=S)S.[Cu].[Cu]. The molecule has 0 spiro atoms. The van der Waals surface area contributed by atoms with E-state index in [0.29, 0.717) is 0 Å². The maximum Gasteiger partial charge on any atom is 0.133 e. The molecule has 0 unspecified atom stereocenters. The number of unbranched alkanes of at least 4 members (excludes halogenated alkanes) is 2. The minimum absolute atomic E-state index is 0. The van der Waals surface area contributed by atoms with Crippen molar-refractivity contribution >= 4 is 29.2 Å². The molecule has 1 nitrogen and oxygen atoms in total. The van der Waals surface area contributed by atoms with Crippen LogP contribution in [0.2, 0.25) is 0 Å². The van der Waals surface area contributed by atoms with Gasteiger partial charge in [0.25, 0.3) is 0 Å². The first kappa shape index (κ1) is 20.7. The van der Waals surface area contributed by atoms with Crippen LogP contribution in [0.25, 0.3) is 0 Å². The fourth-order valence-corrected chi connectivity index (χ4v) is 1.38. The van der Waals surface area contributed by atoms with Gasteiger partial charge in [0.05, 0.1) is 0 Å². The third kappa shape index (κ3) is 11.4. The Hall–Kier alpha value is 1.28. The van der Waals surface area contributed by atoms with Gasteiger partial charge in [-0.1, -0.05) is 38.9 Å². The molecule has 94 valence electrons. The molecule has 0 aromatic rings. The zero-order valence-corrected chi connectivity index (χ0v) is 12.2. The van der Waals surface area contributed by atoms with Gasteiger partial charge in [-0.2, -0.15) is 0 Å². The van der Waals surface area contributed by atoms with Crippen molar-refractivity contribution in [3.63, 3.8) is 0 Å². The summed E-state index contributed by atoms with van der Waals surface area (Å²) in [5.74, 6) is 0. The van der Waals surface area contributed by atoms with Gasteiger partial charge in [0.1, 0.15) is 4.32 Å². The van der Waals surface area contributed by atoms with E-state index in [-0.39, 0.29) is 34.1 Å². The van der Waals surface area contributed by atoms with E-state index < -0.39 is 0 Å². The van der Waals surface area contributed by atoms with Crippen LogP contribution in [-0.4, -0.2) is 22.3 Å². The molecular weight excluding hydrogens is 313 g/mol. The molecule has 14 heavy (non-hydrogen) atoms. The molecule has 0 bridgehead atoms. The molecule has 0 saturated carbocycles. The van der Waals surface area contributed by atoms with Gasteiger partial charge in [0, 0.05) is 47.2 Å². The Morgan fingerprint density at radius 2 is 1.43 bits per heavy atom. The molecule has 5 heteroatoms. The zero-order valence-electron chi connectivity index (χ0n) is 8.65. The van der Waals surface area contributed by atoms with Crippen LogP contribution >= 0.6 is 24.8 Å². The van der Waals surface area contributed by atoms with Crippen LogP contribution in [-0.2, 0) is 34.1 Å². The Morgan fingerprint density at radius 1 is 1.07 bits per heavy atom. The number of thiol groups is 1. The summed E-state index contributed by atoms with van der Waals surface area (Å²) in [6.45, 7) is 6.52.